The molecule has 0 atom stereocenters. The molecule has 1 aromatic carbocycles. The molecule has 0 bridgehead atoms. The lowest BCUT2D eigenvalue weighted by atomic mass is 10.1. The average molecular weight is 284 g/mol. The fraction of sp³-hybridized carbons (Fsp3) is 0.312. The summed E-state index contributed by atoms with van der Waals surface area (Å²) in [6.45, 7) is 0. The van der Waals surface area contributed by atoms with Gasteiger partial charge in [-0.1, -0.05) is 6.42 Å². The molecule has 3 aromatic rings. The Kier molecular flexibility index (Phi) is 2.77. The van der Waals surface area contributed by atoms with E-state index in [0.29, 0.717) is 5.69 Å². The van der Waals surface area contributed by atoms with E-state index in [9.17, 15) is 0 Å². The number of aryl methyl sites for hydroxylation is 2. The first-order chi connectivity index (χ1) is 9.79. The summed E-state index contributed by atoms with van der Waals surface area (Å²) in [5.74, 6) is 0.726. The van der Waals surface area contributed by atoms with Crippen LogP contribution in [0.5, 0.6) is 0 Å². The van der Waals surface area contributed by atoms with Gasteiger partial charge in [-0.15, -0.1) is 11.3 Å². The van der Waals surface area contributed by atoms with Crippen LogP contribution in [-0.2, 0) is 12.8 Å². The predicted octanol–water partition coefficient (Wildman–Crippen LogP) is 4.41. The Morgan fingerprint density at radius 3 is 2.95 bits per heavy atom. The van der Waals surface area contributed by atoms with Crippen LogP contribution in [0.4, 0.5) is 5.69 Å². The highest BCUT2D eigenvalue weighted by Gasteiger charge is 2.16. The second-order valence-corrected chi connectivity index (χ2v) is 6.50. The van der Waals surface area contributed by atoms with E-state index in [1.807, 2.05) is 29.5 Å². The highest BCUT2D eigenvalue weighted by molar-refractivity contribution is 7.15. The number of hydrogen-bond acceptors (Lipinski definition) is 4. The summed E-state index contributed by atoms with van der Waals surface area (Å²) in [6.07, 6.45) is 6.34. The van der Waals surface area contributed by atoms with Gasteiger partial charge in [0.25, 0.3) is 0 Å². The van der Waals surface area contributed by atoms with Gasteiger partial charge in [-0.2, -0.15) is 0 Å². The molecular formula is C16H16N2OS. The molecule has 2 aromatic heterocycles. The van der Waals surface area contributed by atoms with E-state index in [1.165, 1.54) is 42.5 Å². The van der Waals surface area contributed by atoms with Gasteiger partial charge in [0, 0.05) is 16.6 Å². The van der Waals surface area contributed by atoms with E-state index in [4.69, 9.17) is 10.2 Å². The number of nitrogens with two attached hydrogens (primary N) is 1. The molecule has 0 amide bonds. The normalized spacial score (nSPS) is 15.2. The van der Waals surface area contributed by atoms with Crippen LogP contribution in [0.15, 0.2) is 28.7 Å². The van der Waals surface area contributed by atoms with Gasteiger partial charge < -0.3 is 10.2 Å². The molecule has 0 saturated heterocycles. The van der Waals surface area contributed by atoms with Crippen molar-refractivity contribution in [2.24, 2.45) is 0 Å². The maximum atomic E-state index is 5.86. The van der Waals surface area contributed by atoms with E-state index in [0.717, 1.165) is 21.9 Å². The van der Waals surface area contributed by atoms with Gasteiger partial charge in [-0.3, -0.25) is 0 Å². The largest absolute Gasteiger partial charge is 0.435 e. The summed E-state index contributed by atoms with van der Waals surface area (Å²) in [6, 6.07) is 7.87. The summed E-state index contributed by atoms with van der Waals surface area (Å²) < 4.78 is 5.86. The van der Waals surface area contributed by atoms with Crippen molar-refractivity contribution in [1.29, 1.82) is 0 Å². The van der Waals surface area contributed by atoms with Gasteiger partial charge in [0.1, 0.15) is 5.52 Å². The van der Waals surface area contributed by atoms with Gasteiger partial charge in [-0.25, -0.2) is 4.98 Å². The van der Waals surface area contributed by atoms with Crippen LogP contribution in [-0.4, -0.2) is 4.98 Å². The minimum Gasteiger partial charge on any atom is -0.435 e. The topological polar surface area (TPSA) is 52.0 Å². The van der Waals surface area contributed by atoms with Crippen molar-refractivity contribution in [3.05, 3.63) is 34.7 Å². The Labute approximate surface area is 121 Å². The molecule has 2 heterocycles. The van der Waals surface area contributed by atoms with Crippen molar-refractivity contribution >= 4 is 28.1 Å². The molecule has 0 radical (unpaired) electrons. The van der Waals surface area contributed by atoms with Gasteiger partial charge in [0.05, 0.1) is 4.88 Å². The minimum atomic E-state index is 0.710. The predicted molar refractivity (Wildman–Crippen MR) is 83.0 cm³/mol. The van der Waals surface area contributed by atoms with Crippen molar-refractivity contribution in [3.8, 4) is 10.8 Å². The number of rotatable bonds is 1. The molecule has 4 rings (SSSR count). The summed E-state index contributed by atoms with van der Waals surface area (Å²) in [5, 5.41) is 0. The highest BCUT2D eigenvalue weighted by atomic mass is 32.1. The first-order valence-corrected chi connectivity index (χ1v) is 7.89. The van der Waals surface area contributed by atoms with E-state index in [1.54, 1.807) is 0 Å². The number of nitrogen functional groups attached to an aromatic ring is 1. The third-order valence-corrected chi connectivity index (χ3v) is 5.09. The number of oxazole rings is 1. The zero-order chi connectivity index (χ0) is 13.5. The number of benzene rings is 1. The number of thiophene rings is 1. The molecule has 0 aliphatic heterocycles. The quantitative estimate of drug-likeness (QED) is 0.532. The smallest absolute Gasteiger partial charge is 0.237 e. The molecule has 0 spiro atoms. The van der Waals surface area contributed by atoms with Crippen molar-refractivity contribution in [1.82, 2.24) is 4.98 Å². The first-order valence-electron chi connectivity index (χ1n) is 7.07. The second-order valence-electron chi connectivity index (χ2n) is 5.37. The summed E-state index contributed by atoms with van der Waals surface area (Å²) >= 11 is 1.83. The van der Waals surface area contributed by atoms with E-state index < -0.39 is 0 Å². The zero-order valence-electron chi connectivity index (χ0n) is 11.2. The Balaban J connectivity index is 1.78. The average Bonchev–Trinajstić information content (AvgIpc) is 2.97. The van der Waals surface area contributed by atoms with Crippen LogP contribution >= 0.6 is 11.3 Å². The van der Waals surface area contributed by atoms with Crippen molar-refractivity contribution in [2.75, 3.05) is 5.73 Å². The Morgan fingerprint density at radius 2 is 2.00 bits per heavy atom. The van der Waals surface area contributed by atoms with Crippen LogP contribution in [0.1, 0.15) is 29.7 Å². The van der Waals surface area contributed by atoms with Gasteiger partial charge in [-0.05, 0) is 49.4 Å². The van der Waals surface area contributed by atoms with Crippen LogP contribution < -0.4 is 5.73 Å². The standard InChI is InChI=1S/C16H16N2OS/c17-11-6-7-12-13(9-11)19-16(18-12)15-8-10-4-2-1-3-5-14(10)20-15/h6-9H,1-5,17H2. The minimum absolute atomic E-state index is 0.710. The molecule has 2 N–H and O–H groups in total. The maximum absolute atomic E-state index is 5.86. The van der Waals surface area contributed by atoms with E-state index in [-0.39, 0.29) is 0 Å². The summed E-state index contributed by atoms with van der Waals surface area (Å²) in [4.78, 5) is 7.24. The lowest BCUT2D eigenvalue weighted by molar-refractivity contribution is 0.621. The van der Waals surface area contributed by atoms with Gasteiger partial charge in [0.2, 0.25) is 5.89 Å². The monoisotopic (exact) mass is 284 g/mol. The fourth-order valence-electron chi connectivity index (χ4n) is 2.82. The van der Waals surface area contributed by atoms with Gasteiger partial charge >= 0.3 is 0 Å². The third-order valence-electron chi connectivity index (χ3n) is 3.87. The number of fused-ring (bicyclic) bond motifs is 2. The molecule has 1 aliphatic carbocycles. The van der Waals surface area contributed by atoms with Crippen molar-refractivity contribution in [3.63, 3.8) is 0 Å². The number of anilines is 1. The highest BCUT2D eigenvalue weighted by Crippen LogP contribution is 2.36. The Bertz CT molecular complexity index is 748. The van der Waals surface area contributed by atoms with E-state index in [2.05, 4.69) is 11.1 Å². The van der Waals surface area contributed by atoms with E-state index >= 15 is 0 Å². The molecule has 0 saturated carbocycles. The lowest BCUT2D eigenvalue weighted by Gasteiger charge is -1.92. The molecule has 0 fully saturated rings. The van der Waals surface area contributed by atoms with Gasteiger partial charge in [0.15, 0.2) is 5.58 Å². The maximum Gasteiger partial charge on any atom is 0.237 e. The summed E-state index contributed by atoms with van der Waals surface area (Å²) in [5.41, 5.74) is 9.62. The van der Waals surface area contributed by atoms with Crippen LogP contribution in [0.2, 0.25) is 0 Å². The lowest BCUT2D eigenvalue weighted by Crippen LogP contribution is -1.81. The third kappa shape index (κ3) is 2.00. The fourth-order valence-corrected chi connectivity index (χ4v) is 4.00. The molecule has 0 unspecified atom stereocenters. The SMILES string of the molecule is Nc1ccc2nc(-c3cc4c(s3)CCCCC4)oc2c1. The Hall–Kier alpha value is -1.81. The first kappa shape index (κ1) is 12.0. The molecule has 3 nitrogen and oxygen atoms in total. The van der Waals surface area contributed by atoms with Crippen molar-refractivity contribution in [2.45, 2.75) is 32.1 Å². The van der Waals surface area contributed by atoms with Crippen LogP contribution in [0.25, 0.3) is 21.9 Å². The Morgan fingerprint density at radius 1 is 1.10 bits per heavy atom. The summed E-state index contributed by atoms with van der Waals surface area (Å²) in [7, 11) is 0. The number of hydrogen-bond donors (Lipinski definition) is 1. The van der Waals surface area contributed by atoms with Crippen molar-refractivity contribution < 1.29 is 4.42 Å². The molecule has 4 heteroatoms. The molecule has 102 valence electrons. The second kappa shape index (κ2) is 4.63. The molecular weight excluding hydrogens is 268 g/mol. The van der Waals surface area contributed by atoms with Crippen LogP contribution in [0, 0.1) is 0 Å². The number of aromatic nitrogens is 1. The number of nitrogens with zero attached hydrogens (tertiary/aromatic N) is 1. The molecule has 20 heavy (non-hydrogen) atoms. The molecule has 1 aliphatic rings. The zero-order valence-corrected chi connectivity index (χ0v) is 12.0. The van der Waals surface area contributed by atoms with Crippen LogP contribution in [0.3, 0.4) is 0 Å².